The van der Waals surface area contributed by atoms with Crippen LogP contribution in [0.2, 0.25) is 5.02 Å². The summed E-state index contributed by atoms with van der Waals surface area (Å²) in [5, 5.41) is 0.0252. The Morgan fingerprint density at radius 2 is 1.95 bits per heavy atom. The molecule has 2 nitrogen and oxygen atoms in total. The monoisotopic (exact) mass is 306 g/mol. The zero-order valence-electron chi connectivity index (χ0n) is 11.9. The molecule has 0 spiro atoms. The lowest BCUT2D eigenvalue weighted by atomic mass is 10.0. The number of halogens is 2. The Morgan fingerprint density at radius 1 is 1.24 bits per heavy atom. The molecule has 2 aromatic carbocycles. The van der Waals surface area contributed by atoms with Gasteiger partial charge in [0.25, 0.3) is 0 Å². The van der Waals surface area contributed by atoms with Crippen molar-refractivity contribution < 1.29 is 13.9 Å². The van der Waals surface area contributed by atoms with Crippen molar-refractivity contribution in [2.24, 2.45) is 0 Å². The summed E-state index contributed by atoms with van der Waals surface area (Å²) in [6.07, 6.45) is -0.00178. The maximum atomic E-state index is 13.8. The van der Waals surface area contributed by atoms with Crippen LogP contribution in [0.3, 0.4) is 0 Å². The molecule has 0 fully saturated rings. The number of ether oxygens (including phenoxy) is 1. The fourth-order valence-corrected chi connectivity index (χ4v) is 2.17. The van der Waals surface area contributed by atoms with Gasteiger partial charge in [-0.05, 0) is 37.6 Å². The highest BCUT2D eigenvalue weighted by atomic mass is 35.5. The number of Topliss-reactive ketones (excluding diaryl/α,β-unsaturated/α-hetero) is 1. The van der Waals surface area contributed by atoms with E-state index in [1.807, 2.05) is 13.8 Å². The molecule has 0 N–H and O–H groups in total. The van der Waals surface area contributed by atoms with Gasteiger partial charge in [-0.1, -0.05) is 35.9 Å². The molecule has 0 atom stereocenters. The van der Waals surface area contributed by atoms with Crippen LogP contribution < -0.4 is 4.74 Å². The lowest BCUT2D eigenvalue weighted by molar-refractivity contribution is 0.0991. The van der Waals surface area contributed by atoms with Crippen LogP contribution in [0.5, 0.6) is 5.75 Å². The summed E-state index contributed by atoms with van der Waals surface area (Å²) in [7, 11) is 0. The third-order valence-electron chi connectivity index (χ3n) is 2.91. The second kappa shape index (κ2) is 6.72. The fraction of sp³-hybridized carbons (Fsp3) is 0.235. The maximum absolute atomic E-state index is 13.8. The van der Waals surface area contributed by atoms with E-state index in [4.69, 9.17) is 16.3 Å². The standard InChI is InChI=1S/C17H16ClFO2/c1-11(2)21-14-7-3-5-12(9-14)16(20)10-13-6-4-8-15(18)17(13)19/h3-9,11H,10H2,1-2H3. The van der Waals surface area contributed by atoms with Crippen LogP contribution in [0.25, 0.3) is 0 Å². The van der Waals surface area contributed by atoms with Crippen LogP contribution in [-0.2, 0) is 6.42 Å². The Bertz CT molecular complexity index is 653. The molecule has 0 aromatic heterocycles. The second-order valence-electron chi connectivity index (χ2n) is 5.01. The van der Waals surface area contributed by atoms with Gasteiger partial charge in [-0.3, -0.25) is 4.79 Å². The molecule has 0 bridgehead atoms. The second-order valence-corrected chi connectivity index (χ2v) is 5.41. The van der Waals surface area contributed by atoms with Crippen LogP contribution in [0.15, 0.2) is 42.5 Å². The smallest absolute Gasteiger partial charge is 0.167 e. The van der Waals surface area contributed by atoms with Crippen LogP contribution in [0, 0.1) is 5.82 Å². The number of carbonyl (C=O) groups excluding carboxylic acids is 1. The van der Waals surface area contributed by atoms with Crippen molar-refractivity contribution in [2.75, 3.05) is 0 Å². The summed E-state index contributed by atoms with van der Waals surface area (Å²) >= 11 is 5.72. The van der Waals surface area contributed by atoms with Gasteiger partial charge in [0, 0.05) is 12.0 Å². The highest BCUT2D eigenvalue weighted by Crippen LogP contribution is 2.21. The fourth-order valence-electron chi connectivity index (χ4n) is 1.98. The van der Waals surface area contributed by atoms with Crippen LogP contribution in [0.4, 0.5) is 4.39 Å². The van der Waals surface area contributed by atoms with E-state index in [-0.39, 0.29) is 23.3 Å². The third-order valence-corrected chi connectivity index (χ3v) is 3.20. The van der Waals surface area contributed by atoms with Crippen molar-refractivity contribution in [2.45, 2.75) is 26.4 Å². The highest BCUT2D eigenvalue weighted by molar-refractivity contribution is 6.30. The predicted molar refractivity (Wildman–Crippen MR) is 81.7 cm³/mol. The van der Waals surface area contributed by atoms with Crippen LogP contribution >= 0.6 is 11.6 Å². The van der Waals surface area contributed by atoms with E-state index >= 15 is 0 Å². The number of ketones is 1. The first-order chi connectivity index (χ1) is 9.97. The van der Waals surface area contributed by atoms with E-state index in [2.05, 4.69) is 0 Å². The number of rotatable bonds is 5. The summed E-state index contributed by atoms with van der Waals surface area (Å²) in [5.41, 5.74) is 0.787. The first kappa shape index (κ1) is 15.5. The molecule has 0 amide bonds. The minimum atomic E-state index is -0.540. The summed E-state index contributed by atoms with van der Waals surface area (Å²) in [6, 6.07) is 11.6. The van der Waals surface area contributed by atoms with Gasteiger partial charge in [-0.15, -0.1) is 0 Å². The molecular weight excluding hydrogens is 291 g/mol. The van der Waals surface area contributed by atoms with Crippen molar-refractivity contribution in [1.29, 1.82) is 0 Å². The molecule has 110 valence electrons. The van der Waals surface area contributed by atoms with Gasteiger partial charge in [0.1, 0.15) is 11.6 Å². The summed E-state index contributed by atoms with van der Waals surface area (Å²) in [4.78, 5) is 12.3. The third kappa shape index (κ3) is 4.05. The molecule has 0 unspecified atom stereocenters. The van der Waals surface area contributed by atoms with Crippen molar-refractivity contribution in [1.82, 2.24) is 0 Å². The summed E-state index contributed by atoms with van der Waals surface area (Å²) in [5.74, 6) is -0.0881. The minimum absolute atomic E-state index is 0.0252. The van der Waals surface area contributed by atoms with Crippen molar-refractivity contribution in [3.63, 3.8) is 0 Å². The molecule has 0 aliphatic carbocycles. The lowest BCUT2D eigenvalue weighted by Crippen LogP contribution is -2.08. The molecule has 0 heterocycles. The Balaban J connectivity index is 2.18. The van der Waals surface area contributed by atoms with Crippen LogP contribution in [-0.4, -0.2) is 11.9 Å². The molecular formula is C17H16ClFO2. The molecule has 0 aliphatic heterocycles. The van der Waals surface area contributed by atoms with Crippen molar-refractivity contribution >= 4 is 17.4 Å². The molecule has 0 saturated carbocycles. The predicted octanol–water partition coefficient (Wildman–Crippen LogP) is 4.69. The van der Waals surface area contributed by atoms with Crippen molar-refractivity contribution in [3.05, 3.63) is 64.4 Å². The zero-order chi connectivity index (χ0) is 15.4. The molecule has 0 radical (unpaired) electrons. The number of benzene rings is 2. The van der Waals surface area contributed by atoms with Gasteiger partial charge in [-0.25, -0.2) is 4.39 Å². The summed E-state index contributed by atoms with van der Waals surface area (Å²) < 4.78 is 19.4. The quantitative estimate of drug-likeness (QED) is 0.749. The summed E-state index contributed by atoms with van der Waals surface area (Å²) in [6.45, 7) is 3.83. The highest BCUT2D eigenvalue weighted by Gasteiger charge is 2.13. The van der Waals surface area contributed by atoms with Gasteiger partial charge in [0.05, 0.1) is 11.1 Å². The Morgan fingerprint density at radius 3 is 2.67 bits per heavy atom. The first-order valence-corrected chi connectivity index (χ1v) is 7.08. The molecule has 21 heavy (non-hydrogen) atoms. The Labute approximate surface area is 128 Å². The van der Waals surface area contributed by atoms with Gasteiger partial charge in [-0.2, -0.15) is 0 Å². The van der Waals surface area contributed by atoms with E-state index in [9.17, 15) is 9.18 Å². The van der Waals surface area contributed by atoms with Gasteiger partial charge >= 0.3 is 0 Å². The van der Waals surface area contributed by atoms with E-state index in [1.165, 1.54) is 6.07 Å². The normalized spacial score (nSPS) is 10.7. The average molecular weight is 307 g/mol. The van der Waals surface area contributed by atoms with Gasteiger partial charge in [0.2, 0.25) is 0 Å². The van der Waals surface area contributed by atoms with Crippen LogP contribution in [0.1, 0.15) is 29.8 Å². The average Bonchev–Trinajstić information content (AvgIpc) is 2.43. The zero-order valence-corrected chi connectivity index (χ0v) is 12.7. The number of hydrogen-bond acceptors (Lipinski definition) is 2. The number of carbonyl (C=O) groups is 1. The largest absolute Gasteiger partial charge is 0.491 e. The maximum Gasteiger partial charge on any atom is 0.167 e. The van der Waals surface area contributed by atoms with E-state index < -0.39 is 5.82 Å². The molecule has 2 rings (SSSR count). The van der Waals surface area contributed by atoms with E-state index in [1.54, 1.807) is 36.4 Å². The first-order valence-electron chi connectivity index (χ1n) is 6.70. The lowest BCUT2D eigenvalue weighted by Gasteiger charge is -2.10. The number of hydrogen-bond donors (Lipinski definition) is 0. The van der Waals surface area contributed by atoms with Gasteiger partial charge < -0.3 is 4.74 Å². The Kier molecular flexibility index (Phi) is 4.97. The molecule has 0 saturated heterocycles. The van der Waals surface area contributed by atoms with E-state index in [0.717, 1.165) is 0 Å². The Hall–Kier alpha value is -1.87. The van der Waals surface area contributed by atoms with E-state index in [0.29, 0.717) is 16.9 Å². The molecule has 2 aromatic rings. The minimum Gasteiger partial charge on any atom is -0.491 e. The molecule has 0 aliphatic rings. The SMILES string of the molecule is CC(C)Oc1cccc(C(=O)Cc2cccc(Cl)c2F)c1. The van der Waals surface area contributed by atoms with Gasteiger partial charge in [0.15, 0.2) is 5.78 Å². The van der Waals surface area contributed by atoms with Crippen molar-refractivity contribution in [3.8, 4) is 5.75 Å². The topological polar surface area (TPSA) is 26.3 Å². The molecule has 4 heteroatoms.